The number of nitrogens with one attached hydrogen (secondary N) is 1. The molecule has 0 aliphatic rings. The van der Waals surface area contributed by atoms with Crippen molar-refractivity contribution in [1.29, 1.82) is 0 Å². The number of esters is 1. The number of ether oxygens (including phenoxy) is 1. The van der Waals surface area contributed by atoms with Crippen molar-refractivity contribution in [3.8, 4) is 0 Å². The van der Waals surface area contributed by atoms with Crippen LogP contribution in [0, 0.1) is 5.92 Å². The summed E-state index contributed by atoms with van der Waals surface area (Å²) < 4.78 is 5.40. The summed E-state index contributed by atoms with van der Waals surface area (Å²) in [5, 5.41) is 2.77. The Labute approximate surface area is 160 Å². The molecular weight excluding hydrogens is 340 g/mol. The van der Waals surface area contributed by atoms with Gasteiger partial charge in [-0.1, -0.05) is 74.5 Å². The van der Waals surface area contributed by atoms with E-state index in [2.05, 4.69) is 5.32 Å². The van der Waals surface area contributed by atoms with E-state index in [0.717, 1.165) is 11.1 Å². The van der Waals surface area contributed by atoms with Crippen molar-refractivity contribution >= 4 is 11.9 Å². The van der Waals surface area contributed by atoms with Crippen molar-refractivity contribution in [2.75, 3.05) is 0 Å². The summed E-state index contributed by atoms with van der Waals surface area (Å²) in [5.41, 5.74) is 7.91. The molecule has 2 atom stereocenters. The highest BCUT2D eigenvalue weighted by Gasteiger charge is 2.26. The van der Waals surface area contributed by atoms with Gasteiger partial charge in [0.05, 0.1) is 6.04 Å². The number of hydrogen-bond acceptors (Lipinski definition) is 4. The number of hydrogen-bond donors (Lipinski definition) is 2. The minimum absolute atomic E-state index is 0.181. The monoisotopic (exact) mass is 368 g/mol. The van der Waals surface area contributed by atoms with E-state index in [-0.39, 0.29) is 18.4 Å². The summed E-state index contributed by atoms with van der Waals surface area (Å²) in [6, 6.07) is 17.6. The quantitative estimate of drug-likeness (QED) is 0.667. The lowest BCUT2D eigenvalue weighted by atomic mass is 10.0. The SMILES string of the molecule is CC(C)CC(NC(=O)[C@H](N)Cc1ccccc1)C(=O)OCc1ccccc1. The number of carbonyl (C=O) groups is 2. The van der Waals surface area contributed by atoms with E-state index in [1.807, 2.05) is 74.5 Å². The van der Waals surface area contributed by atoms with Crippen LogP contribution in [0.2, 0.25) is 0 Å². The van der Waals surface area contributed by atoms with Gasteiger partial charge in [-0.3, -0.25) is 4.79 Å². The van der Waals surface area contributed by atoms with Gasteiger partial charge in [0.25, 0.3) is 0 Å². The zero-order valence-corrected chi connectivity index (χ0v) is 15.9. The second-order valence-corrected chi connectivity index (χ2v) is 7.08. The average Bonchev–Trinajstić information content (AvgIpc) is 2.66. The Balaban J connectivity index is 1.93. The maximum absolute atomic E-state index is 12.5. The number of nitrogens with two attached hydrogens (primary N) is 1. The molecule has 0 spiro atoms. The van der Waals surface area contributed by atoms with E-state index in [1.54, 1.807) is 0 Å². The van der Waals surface area contributed by atoms with Crippen molar-refractivity contribution < 1.29 is 14.3 Å². The van der Waals surface area contributed by atoms with Crippen LogP contribution in [0.4, 0.5) is 0 Å². The molecule has 5 heteroatoms. The normalized spacial score (nSPS) is 13.0. The van der Waals surface area contributed by atoms with Crippen LogP contribution in [-0.2, 0) is 27.4 Å². The lowest BCUT2D eigenvalue weighted by Gasteiger charge is -2.21. The van der Waals surface area contributed by atoms with Crippen LogP contribution < -0.4 is 11.1 Å². The highest BCUT2D eigenvalue weighted by atomic mass is 16.5. The van der Waals surface area contributed by atoms with Crippen molar-refractivity contribution in [3.63, 3.8) is 0 Å². The molecule has 144 valence electrons. The van der Waals surface area contributed by atoms with Gasteiger partial charge >= 0.3 is 5.97 Å². The molecule has 0 saturated carbocycles. The maximum Gasteiger partial charge on any atom is 0.328 e. The molecule has 1 amide bonds. The van der Waals surface area contributed by atoms with Gasteiger partial charge in [0.2, 0.25) is 5.91 Å². The topological polar surface area (TPSA) is 81.4 Å². The van der Waals surface area contributed by atoms with Crippen LogP contribution in [0.15, 0.2) is 60.7 Å². The van der Waals surface area contributed by atoms with Gasteiger partial charge in [-0.2, -0.15) is 0 Å². The fraction of sp³-hybridized carbons (Fsp3) is 0.364. The van der Waals surface area contributed by atoms with E-state index in [0.29, 0.717) is 12.8 Å². The largest absolute Gasteiger partial charge is 0.459 e. The molecule has 0 fully saturated rings. The van der Waals surface area contributed by atoms with Crippen LogP contribution in [0.5, 0.6) is 0 Å². The van der Waals surface area contributed by atoms with Gasteiger partial charge in [0.15, 0.2) is 0 Å². The molecule has 0 bridgehead atoms. The molecule has 5 nitrogen and oxygen atoms in total. The van der Waals surface area contributed by atoms with E-state index >= 15 is 0 Å². The summed E-state index contributed by atoms with van der Waals surface area (Å²) in [4.78, 5) is 25.0. The van der Waals surface area contributed by atoms with E-state index in [4.69, 9.17) is 10.5 Å². The lowest BCUT2D eigenvalue weighted by molar-refractivity contribution is -0.149. The van der Waals surface area contributed by atoms with Gasteiger partial charge < -0.3 is 15.8 Å². The summed E-state index contributed by atoms with van der Waals surface area (Å²) in [6.07, 6.45) is 0.914. The van der Waals surface area contributed by atoms with Gasteiger partial charge in [0, 0.05) is 0 Å². The van der Waals surface area contributed by atoms with Crippen molar-refractivity contribution in [1.82, 2.24) is 5.32 Å². The molecule has 0 aliphatic heterocycles. The lowest BCUT2D eigenvalue weighted by Crippen LogP contribution is -2.50. The molecular formula is C22H28N2O3. The first-order valence-corrected chi connectivity index (χ1v) is 9.26. The third kappa shape index (κ3) is 7.23. The summed E-state index contributed by atoms with van der Waals surface area (Å²) in [7, 11) is 0. The molecule has 27 heavy (non-hydrogen) atoms. The summed E-state index contributed by atoms with van der Waals surface area (Å²) in [6.45, 7) is 4.17. The van der Waals surface area contributed by atoms with Crippen molar-refractivity contribution in [3.05, 3.63) is 71.8 Å². The molecule has 2 aromatic carbocycles. The summed E-state index contributed by atoms with van der Waals surface area (Å²) >= 11 is 0. The third-order valence-corrected chi connectivity index (χ3v) is 4.17. The standard InChI is InChI=1S/C22H28N2O3/c1-16(2)13-20(22(26)27-15-18-11-7-4-8-12-18)24-21(25)19(23)14-17-9-5-3-6-10-17/h3-12,16,19-20H,13-15,23H2,1-2H3,(H,24,25)/t19-,20?/m1/s1. The Morgan fingerprint density at radius 2 is 1.52 bits per heavy atom. The minimum Gasteiger partial charge on any atom is -0.459 e. The predicted molar refractivity (Wildman–Crippen MR) is 106 cm³/mol. The van der Waals surface area contributed by atoms with E-state index < -0.39 is 18.1 Å². The van der Waals surface area contributed by atoms with E-state index in [9.17, 15) is 9.59 Å². The molecule has 3 N–H and O–H groups in total. The Morgan fingerprint density at radius 1 is 0.963 bits per heavy atom. The Hall–Kier alpha value is -2.66. The molecule has 0 heterocycles. The van der Waals surface area contributed by atoms with Crippen molar-refractivity contribution in [2.45, 2.75) is 45.4 Å². The van der Waals surface area contributed by atoms with Crippen molar-refractivity contribution in [2.24, 2.45) is 11.7 Å². The predicted octanol–water partition coefficient (Wildman–Crippen LogP) is 2.83. The second-order valence-electron chi connectivity index (χ2n) is 7.08. The smallest absolute Gasteiger partial charge is 0.328 e. The number of carbonyl (C=O) groups excluding carboxylic acids is 2. The first-order chi connectivity index (χ1) is 13.0. The first-order valence-electron chi connectivity index (χ1n) is 9.26. The van der Waals surface area contributed by atoms with Crippen LogP contribution >= 0.6 is 0 Å². The van der Waals surface area contributed by atoms with Gasteiger partial charge in [-0.25, -0.2) is 4.79 Å². The Bertz CT molecular complexity index is 717. The average molecular weight is 368 g/mol. The van der Waals surface area contributed by atoms with Gasteiger partial charge in [-0.15, -0.1) is 0 Å². The maximum atomic E-state index is 12.5. The molecule has 2 aromatic rings. The minimum atomic E-state index is -0.719. The van der Waals surface area contributed by atoms with E-state index in [1.165, 1.54) is 0 Å². The Kier molecular flexibility index (Phi) is 8.01. The number of rotatable bonds is 9. The van der Waals surface area contributed by atoms with Gasteiger partial charge in [0.1, 0.15) is 12.6 Å². The van der Waals surface area contributed by atoms with Crippen LogP contribution in [0.25, 0.3) is 0 Å². The molecule has 0 radical (unpaired) electrons. The fourth-order valence-corrected chi connectivity index (χ4v) is 2.75. The first kappa shape index (κ1) is 20.6. The molecule has 0 saturated heterocycles. The molecule has 2 rings (SSSR count). The number of benzene rings is 2. The van der Waals surface area contributed by atoms with Crippen LogP contribution in [-0.4, -0.2) is 24.0 Å². The van der Waals surface area contributed by atoms with Gasteiger partial charge in [-0.05, 0) is 29.9 Å². The molecule has 1 unspecified atom stereocenters. The zero-order chi connectivity index (χ0) is 19.6. The third-order valence-electron chi connectivity index (χ3n) is 4.17. The fourth-order valence-electron chi connectivity index (χ4n) is 2.75. The second kappa shape index (κ2) is 10.5. The summed E-state index contributed by atoms with van der Waals surface area (Å²) in [5.74, 6) is -0.557. The molecule has 0 aliphatic carbocycles. The Morgan fingerprint density at radius 3 is 2.07 bits per heavy atom. The highest BCUT2D eigenvalue weighted by Crippen LogP contribution is 2.10. The molecule has 0 aromatic heterocycles. The van der Waals surface area contributed by atoms with Crippen LogP contribution in [0.3, 0.4) is 0 Å². The zero-order valence-electron chi connectivity index (χ0n) is 15.9. The van der Waals surface area contributed by atoms with Crippen LogP contribution in [0.1, 0.15) is 31.4 Å². The number of amides is 1. The highest BCUT2D eigenvalue weighted by molar-refractivity contribution is 5.87.